The predicted molar refractivity (Wildman–Crippen MR) is 124 cm³/mol. The largest absolute Gasteiger partial charge is 0.433 e. The molecule has 0 radical (unpaired) electrons. The van der Waals surface area contributed by atoms with Crippen LogP contribution in [0.15, 0.2) is 18.2 Å². The van der Waals surface area contributed by atoms with E-state index in [0.717, 1.165) is 51.6 Å². The third-order valence-electron chi connectivity index (χ3n) is 6.68. The zero-order valence-electron chi connectivity index (χ0n) is 20.4. The maximum Gasteiger partial charge on any atom is 0.433 e. The molecule has 0 N–H and O–H groups in total. The molecule has 2 fully saturated rings. The molecule has 1 aromatic rings. The molecule has 0 atom stereocenters. The van der Waals surface area contributed by atoms with Crippen LogP contribution in [0.1, 0.15) is 45.7 Å². The first-order valence-electron chi connectivity index (χ1n) is 12.2. The maximum atomic E-state index is 13.3. The summed E-state index contributed by atoms with van der Waals surface area (Å²) < 4.78 is 51.2. The van der Waals surface area contributed by atoms with Crippen LogP contribution in [0, 0.1) is 0 Å². The first-order chi connectivity index (χ1) is 16.1. The number of rotatable bonds is 9. The zero-order valence-corrected chi connectivity index (χ0v) is 20.4. The summed E-state index contributed by atoms with van der Waals surface area (Å²) in [4.78, 5) is 23.0. The first-order valence-corrected chi connectivity index (χ1v) is 12.2. The van der Waals surface area contributed by atoms with Crippen molar-refractivity contribution in [1.29, 1.82) is 0 Å². The summed E-state index contributed by atoms with van der Waals surface area (Å²) in [6.45, 7) is 12.2. The van der Waals surface area contributed by atoms with E-state index in [1.54, 1.807) is 6.92 Å². The summed E-state index contributed by atoms with van der Waals surface area (Å²) in [7, 11) is 0. The summed E-state index contributed by atoms with van der Waals surface area (Å²) in [6.07, 6.45) is -2.73. The Morgan fingerprint density at radius 2 is 1.88 bits per heavy atom. The molecule has 2 saturated heterocycles. The molecule has 0 aromatic carbocycles. The van der Waals surface area contributed by atoms with Gasteiger partial charge in [-0.1, -0.05) is 13.0 Å². The van der Waals surface area contributed by atoms with Gasteiger partial charge in [-0.3, -0.25) is 19.5 Å². The third kappa shape index (κ3) is 6.90. The first kappa shape index (κ1) is 26.8. The number of aromatic nitrogens is 1. The molecule has 192 valence electrons. The van der Waals surface area contributed by atoms with Crippen LogP contribution in [0.3, 0.4) is 0 Å². The Labute approximate surface area is 200 Å². The number of pyridine rings is 1. The molecular weight excluding hydrogens is 449 g/mol. The van der Waals surface area contributed by atoms with Gasteiger partial charge < -0.3 is 9.47 Å². The van der Waals surface area contributed by atoms with Crippen molar-refractivity contribution in [2.45, 2.75) is 57.9 Å². The van der Waals surface area contributed by atoms with Gasteiger partial charge in [0.2, 0.25) is 5.91 Å². The number of ether oxygens (including phenoxy) is 2. The number of halogens is 3. The lowest BCUT2D eigenvalue weighted by atomic mass is 9.86. The molecule has 1 amide bonds. The minimum Gasteiger partial charge on any atom is -0.381 e. The number of anilines is 1. The van der Waals surface area contributed by atoms with E-state index in [1.807, 2.05) is 13.8 Å². The highest BCUT2D eigenvalue weighted by Crippen LogP contribution is 2.33. The zero-order chi connectivity index (χ0) is 24.8. The van der Waals surface area contributed by atoms with Crippen LogP contribution in [0.4, 0.5) is 19.0 Å². The van der Waals surface area contributed by atoms with Gasteiger partial charge in [-0.25, -0.2) is 4.98 Å². The highest BCUT2D eigenvalue weighted by Gasteiger charge is 2.43. The van der Waals surface area contributed by atoms with Crippen molar-refractivity contribution in [2.24, 2.45) is 0 Å². The van der Waals surface area contributed by atoms with Gasteiger partial charge in [0.25, 0.3) is 0 Å². The van der Waals surface area contributed by atoms with Crippen molar-refractivity contribution < 1.29 is 27.4 Å². The van der Waals surface area contributed by atoms with E-state index >= 15 is 0 Å². The fourth-order valence-corrected chi connectivity index (χ4v) is 4.70. The number of alkyl halides is 3. The Hall–Kier alpha value is -1.75. The predicted octanol–water partition coefficient (Wildman–Crippen LogP) is 3.44. The third-order valence-corrected chi connectivity index (χ3v) is 6.68. The fraction of sp³-hybridized carbons (Fsp3) is 0.750. The Morgan fingerprint density at radius 3 is 2.47 bits per heavy atom. The number of piperazine rings is 1. The number of carbonyl (C=O) groups excluding carboxylic acids is 1. The monoisotopic (exact) mass is 486 g/mol. The molecule has 7 nitrogen and oxygen atoms in total. The summed E-state index contributed by atoms with van der Waals surface area (Å²) in [6, 6.07) is 3.74. The summed E-state index contributed by atoms with van der Waals surface area (Å²) in [5.74, 6) is -0.181. The Kier molecular flexibility index (Phi) is 9.31. The molecule has 1 aromatic heterocycles. The van der Waals surface area contributed by atoms with Crippen molar-refractivity contribution in [2.75, 3.05) is 64.0 Å². The van der Waals surface area contributed by atoms with E-state index in [9.17, 15) is 18.0 Å². The van der Waals surface area contributed by atoms with Gasteiger partial charge in [-0.2, -0.15) is 13.2 Å². The van der Waals surface area contributed by atoms with Crippen molar-refractivity contribution >= 4 is 11.7 Å². The Bertz CT molecular complexity index is 792. The van der Waals surface area contributed by atoms with E-state index in [1.165, 1.54) is 17.0 Å². The van der Waals surface area contributed by atoms with Crippen LogP contribution >= 0.6 is 0 Å². The second-order valence-corrected chi connectivity index (χ2v) is 9.30. The van der Waals surface area contributed by atoms with Gasteiger partial charge in [0.1, 0.15) is 11.5 Å². The molecule has 10 heteroatoms. The van der Waals surface area contributed by atoms with Gasteiger partial charge in [0, 0.05) is 64.4 Å². The minimum atomic E-state index is -4.57. The molecule has 3 rings (SSSR count). The average molecular weight is 487 g/mol. The topological polar surface area (TPSA) is 58.1 Å². The molecule has 2 aliphatic heterocycles. The Morgan fingerprint density at radius 1 is 1.21 bits per heavy atom. The molecule has 0 unspecified atom stereocenters. The molecule has 2 aliphatic rings. The minimum absolute atomic E-state index is 0.0528. The molecule has 0 spiro atoms. The number of hydrogen-bond donors (Lipinski definition) is 0. The van der Waals surface area contributed by atoms with Gasteiger partial charge >= 0.3 is 6.18 Å². The van der Waals surface area contributed by atoms with Crippen LogP contribution in [0.25, 0.3) is 0 Å². The maximum absolute atomic E-state index is 13.3. The SMILES string of the molecule is CCC(=O)N(CC1(N2CCN(CCOC(C)C)CC2)CCOCC1)c1cccc(C(F)(F)F)n1. The van der Waals surface area contributed by atoms with E-state index in [0.29, 0.717) is 26.4 Å². The lowest BCUT2D eigenvalue weighted by Gasteiger charge is -2.51. The van der Waals surface area contributed by atoms with Crippen LogP contribution in [-0.2, 0) is 20.4 Å². The van der Waals surface area contributed by atoms with Crippen molar-refractivity contribution in [3.8, 4) is 0 Å². The average Bonchev–Trinajstić information content (AvgIpc) is 2.82. The summed E-state index contributed by atoms with van der Waals surface area (Å²) >= 11 is 0. The molecule has 0 aliphatic carbocycles. The van der Waals surface area contributed by atoms with Crippen LogP contribution in [0.2, 0.25) is 0 Å². The van der Waals surface area contributed by atoms with Crippen molar-refractivity contribution in [1.82, 2.24) is 14.8 Å². The highest BCUT2D eigenvalue weighted by atomic mass is 19.4. The molecular formula is C24H37F3N4O3. The van der Waals surface area contributed by atoms with Gasteiger partial charge in [-0.05, 0) is 38.8 Å². The molecule has 34 heavy (non-hydrogen) atoms. The van der Waals surface area contributed by atoms with Crippen LogP contribution in [-0.4, -0.2) is 91.4 Å². The number of carbonyl (C=O) groups is 1. The number of nitrogens with zero attached hydrogens (tertiary/aromatic N) is 4. The van der Waals surface area contributed by atoms with E-state index < -0.39 is 11.9 Å². The second-order valence-electron chi connectivity index (χ2n) is 9.30. The lowest BCUT2D eigenvalue weighted by molar-refractivity contribution is -0.141. The molecule has 0 bridgehead atoms. The fourth-order valence-electron chi connectivity index (χ4n) is 4.70. The normalized spacial score (nSPS) is 20.0. The highest BCUT2D eigenvalue weighted by molar-refractivity contribution is 5.92. The van der Waals surface area contributed by atoms with Crippen molar-refractivity contribution in [3.63, 3.8) is 0 Å². The Balaban J connectivity index is 1.78. The smallest absolute Gasteiger partial charge is 0.381 e. The number of hydrogen-bond acceptors (Lipinski definition) is 6. The van der Waals surface area contributed by atoms with Gasteiger partial charge in [-0.15, -0.1) is 0 Å². The van der Waals surface area contributed by atoms with E-state index in [-0.39, 0.29) is 29.8 Å². The van der Waals surface area contributed by atoms with E-state index in [2.05, 4.69) is 14.8 Å². The van der Waals surface area contributed by atoms with Crippen LogP contribution < -0.4 is 4.90 Å². The van der Waals surface area contributed by atoms with Crippen molar-refractivity contribution in [3.05, 3.63) is 23.9 Å². The second kappa shape index (κ2) is 11.8. The number of amides is 1. The van der Waals surface area contributed by atoms with E-state index in [4.69, 9.17) is 9.47 Å². The lowest BCUT2D eigenvalue weighted by Crippen LogP contribution is -2.63. The summed E-state index contributed by atoms with van der Waals surface area (Å²) in [5, 5.41) is 0. The summed E-state index contributed by atoms with van der Waals surface area (Å²) in [5.41, 5.74) is -1.35. The standard InChI is InChI=1S/C24H37F3N4O3/c1-4-22(32)31(21-7-5-6-20(28-21)24(25,26)27)18-23(8-15-33-16-9-23)30-12-10-29(11-13-30)14-17-34-19(2)3/h5-7,19H,4,8-18H2,1-3H3. The van der Waals surface area contributed by atoms with Gasteiger partial charge in [0.05, 0.1) is 12.7 Å². The quantitative estimate of drug-likeness (QED) is 0.533. The van der Waals surface area contributed by atoms with Crippen LogP contribution in [0.5, 0.6) is 0 Å². The molecule has 0 saturated carbocycles. The van der Waals surface area contributed by atoms with Gasteiger partial charge in [0.15, 0.2) is 0 Å². The molecule has 3 heterocycles.